The molecule has 0 amide bonds. The Morgan fingerprint density at radius 3 is 1.97 bits per heavy atom. The Balaban J connectivity index is 3.06. The van der Waals surface area contributed by atoms with Crippen LogP contribution in [0.25, 0.3) is 5.69 Å². The topological polar surface area (TPSA) is 107 Å². The molecule has 1 atom stereocenters. The number of nitriles is 2. The first-order valence-electron chi connectivity index (χ1n) is 8.88. The summed E-state index contributed by atoms with van der Waals surface area (Å²) in [5, 5.41) is 17.6. The maximum absolute atomic E-state index is 13.5. The predicted octanol–water partition coefficient (Wildman–Crippen LogP) is 4.65. The maximum Gasteiger partial charge on any atom is 0.476 e. The van der Waals surface area contributed by atoms with Gasteiger partial charge in [-0.1, -0.05) is 23.2 Å². The molecule has 0 fully saturated rings. The summed E-state index contributed by atoms with van der Waals surface area (Å²) < 4.78 is 116. The van der Waals surface area contributed by atoms with Gasteiger partial charge in [-0.05, 0) is 12.1 Å². The first kappa shape index (κ1) is 28.8. The van der Waals surface area contributed by atoms with E-state index in [0.29, 0.717) is 16.7 Å². The van der Waals surface area contributed by atoms with Crippen LogP contribution in [0.3, 0.4) is 0 Å². The Morgan fingerprint density at radius 1 is 1.09 bits per heavy atom. The zero-order valence-corrected chi connectivity index (χ0v) is 20.6. The van der Waals surface area contributed by atoms with E-state index in [1.165, 1.54) is 12.1 Å². The summed E-state index contributed by atoms with van der Waals surface area (Å²) in [5.41, 5.74) is -9.21. The Bertz CT molecular complexity index is 1370. The van der Waals surface area contributed by atoms with Crippen molar-refractivity contribution < 1.29 is 39.0 Å². The molecule has 1 unspecified atom stereocenters. The molecule has 190 valence electrons. The Kier molecular flexibility index (Phi) is 8.13. The molecule has 0 aliphatic carbocycles. The van der Waals surface area contributed by atoms with Gasteiger partial charge in [-0.3, -0.25) is 4.57 Å². The van der Waals surface area contributed by atoms with Gasteiger partial charge in [0.15, 0.2) is 10.8 Å². The van der Waals surface area contributed by atoms with Gasteiger partial charge in [0.25, 0.3) is 0 Å². The predicted molar refractivity (Wildman–Crippen MR) is 116 cm³/mol. The lowest BCUT2D eigenvalue weighted by Gasteiger charge is -2.24. The smallest absolute Gasteiger partial charge is 0.359 e. The summed E-state index contributed by atoms with van der Waals surface area (Å²) in [5.74, 6) is -1.38. The molecule has 1 aromatic carbocycles. The van der Waals surface area contributed by atoms with E-state index >= 15 is 0 Å². The monoisotopic (exact) mass is 580 g/mol. The number of benzene rings is 1. The van der Waals surface area contributed by atoms with Crippen LogP contribution in [0, 0.1) is 22.7 Å². The van der Waals surface area contributed by atoms with Gasteiger partial charge < -0.3 is 4.90 Å². The minimum absolute atomic E-state index is 0.399. The highest BCUT2D eigenvalue weighted by Crippen LogP contribution is 2.44. The fraction of sp³-hybridized carbons (Fsp3) is 0.333. The number of hydrogen-bond donors (Lipinski definition) is 0. The highest BCUT2D eigenvalue weighted by molar-refractivity contribution is 7.90. The number of hydrogen-bond acceptors (Lipinski definition) is 6. The van der Waals surface area contributed by atoms with Crippen LogP contribution in [-0.2, 0) is 26.8 Å². The number of nitrogens with zero attached hydrogens (tertiary/aromatic N) is 4. The van der Waals surface area contributed by atoms with Crippen LogP contribution in [0.15, 0.2) is 17.0 Å². The van der Waals surface area contributed by atoms with E-state index in [0.717, 1.165) is 18.2 Å². The number of anilines is 1. The minimum atomic E-state index is -5.43. The number of sulfone groups is 1. The SMILES string of the molecule is CN(CCS(C)(=O)=O)c1c(S(=O)C(F)(F)F)c(C#N)c(C#N)n1-c1c(Cl)cc(C(F)(F)F)cc1Cl. The molecule has 0 saturated carbocycles. The van der Waals surface area contributed by atoms with E-state index in [1.54, 1.807) is 0 Å². The zero-order chi connectivity index (χ0) is 27.1. The lowest BCUT2D eigenvalue weighted by atomic mass is 10.2. The van der Waals surface area contributed by atoms with Gasteiger partial charge in [-0.2, -0.15) is 36.9 Å². The third-order valence-corrected chi connectivity index (χ3v) is 7.12. The van der Waals surface area contributed by atoms with E-state index < -0.39 is 87.9 Å². The van der Waals surface area contributed by atoms with E-state index in [9.17, 15) is 49.5 Å². The molecule has 0 radical (unpaired) electrons. The number of aromatic nitrogens is 1. The quantitative estimate of drug-likeness (QED) is 0.460. The zero-order valence-electron chi connectivity index (χ0n) is 17.4. The first-order chi connectivity index (χ1) is 15.8. The summed E-state index contributed by atoms with van der Waals surface area (Å²) in [6.45, 7) is -0.517. The largest absolute Gasteiger partial charge is 0.476 e. The lowest BCUT2D eigenvalue weighted by Crippen LogP contribution is -2.29. The molecule has 1 aromatic heterocycles. The summed E-state index contributed by atoms with van der Waals surface area (Å²) >= 11 is 12.0. The average Bonchev–Trinajstić information content (AvgIpc) is 3.02. The Labute approximate surface area is 207 Å². The maximum atomic E-state index is 13.5. The highest BCUT2D eigenvalue weighted by atomic mass is 35.5. The van der Waals surface area contributed by atoms with Gasteiger partial charge in [-0.25, -0.2) is 12.6 Å². The fourth-order valence-electron chi connectivity index (χ4n) is 2.95. The van der Waals surface area contributed by atoms with Gasteiger partial charge in [0.05, 0.1) is 27.0 Å². The van der Waals surface area contributed by atoms with Gasteiger partial charge in [0, 0.05) is 19.8 Å². The average molecular weight is 581 g/mol. The second kappa shape index (κ2) is 9.89. The van der Waals surface area contributed by atoms with Crippen LogP contribution >= 0.6 is 23.2 Å². The third-order valence-electron chi connectivity index (χ3n) is 4.44. The van der Waals surface area contributed by atoms with Crippen LogP contribution in [-0.4, -0.2) is 48.3 Å². The second-order valence-corrected chi connectivity index (χ2v) is 11.5. The van der Waals surface area contributed by atoms with Crippen LogP contribution in [0.2, 0.25) is 10.0 Å². The highest BCUT2D eigenvalue weighted by Gasteiger charge is 2.44. The van der Waals surface area contributed by atoms with Crippen molar-refractivity contribution in [2.75, 3.05) is 30.5 Å². The molecule has 35 heavy (non-hydrogen) atoms. The van der Waals surface area contributed by atoms with Gasteiger partial charge >= 0.3 is 11.7 Å². The molecule has 1 heterocycles. The number of alkyl halides is 6. The van der Waals surface area contributed by atoms with Gasteiger partial charge in [0.1, 0.15) is 43.9 Å². The molecule has 0 saturated heterocycles. The number of halogens is 8. The van der Waals surface area contributed by atoms with Gasteiger partial charge in [-0.15, -0.1) is 0 Å². The number of rotatable bonds is 6. The normalized spacial score (nSPS) is 13.3. The molecule has 2 aromatic rings. The first-order valence-corrected chi connectivity index (χ1v) is 12.8. The van der Waals surface area contributed by atoms with Crippen LogP contribution in [0.5, 0.6) is 0 Å². The Morgan fingerprint density at radius 2 is 1.60 bits per heavy atom. The molecule has 0 aliphatic rings. The van der Waals surface area contributed by atoms with Crippen molar-refractivity contribution >= 4 is 49.7 Å². The third kappa shape index (κ3) is 6.03. The molecular formula is C18H12Cl2F6N4O3S2. The van der Waals surface area contributed by atoms with E-state index in [2.05, 4.69) is 0 Å². The molecule has 0 spiro atoms. The van der Waals surface area contributed by atoms with Crippen molar-refractivity contribution in [1.82, 2.24) is 4.57 Å². The molecule has 7 nitrogen and oxygen atoms in total. The van der Waals surface area contributed by atoms with Crippen LogP contribution in [0.4, 0.5) is 32.2 Å². The molecule has 0 bridgehead atoms. The molecule has 0 N–H and O–H groups in total. The van der Waals surface area contributed by atoms with E-state index in [1.807, 2.05) is 0 Å². The summed E-state index contributed by atoms with van der Waals surface area (Å²) in [6.07, 6.45) is -4.07. The summed E-state index contributed by atoms with van der Waals surface area (Å²) in [4.78, 5) is -0.356. The van der Waals surface area contributed by atoms with Crippen molar-refractivity contribution in [1.29, 1.82) is 10.5 Å². The van der Waals surface area contributed by atoms with Crippen molar-refractivity contribution in [3.05, 3.63) is 39.0 Å². The Hall–Kier alpha value is -2.46. The van der Waals surface area contributed by atoms with Crippen molar-refractivity contribution in [2.24, 2.45) is 0 Å². The van der Waals surface area contributed by atoms with E-state index in [-0.39, 0.29) is 0 Å². The molecule has 2 rings (SSSR count). The summed E-state index contributed by atoms with van der Waals surface area (Å²) in [6, 6.07) is 3.61. The van der Waals surface area contributed by atoms with Crippen LogP contribution < -0.4 is 4.90 Å². The molecule has 17 heteroatoms. The van der Waals surface area contributed by atoms with E-state index in [4.69, 9.17) is 23.2 Å². The lowest BCUT2D eigenvalue weighted by molar-refractivity contribution is -0.137. The second-order valence-electron chi connectivity index (χ2n) is 6.99. The van der Waals surface area contributed by atoms with Crippen LogP contribution in [0.1, 0.15) is 16.8 Å². The van der Waals surface area contributed by atoms with Gasteiger partial charge in [0.2, 0.25) is 0 Å². The van der Waals surface area contributed by atoms with Crippen molar-refractivity contribution in [3.63, 3.8) is 0 Å². The molecule has 0 aliphatic heterocycles. The summed E-state index contributed by atoms with van der Waals surface area (Å²) in [7, 11) is -6.52. The van der Waals surface area contributed by atoms with Crippen molar-refractivity contribution in [2.45, 2.75) is 16.6 Å². The fourth-order valence-corrected chi connectivity index (χ4v) is 5.19. The minimum Gasteiger partial charge on any atom is -0.359 e. The van der Waals surface area contributed by atoms with Crippen molar-refractivity contribution in [3.8, 4) is 17.8 Å². The molecular weight excluding hydrogens is 569 g/mol. The standard InChI is InChI=1S/C18H12Cl2F6N4O3S2/c1-29(3-4-35(2,32)33)16-15(34(31)18(24,25)26)10(7-27)13(8-28)30(16)14-11(19)5-9(6-12(14)20)17(21,22)23/h5-6H,3-4H2,1-2H3.